The van der Waals surface area contributed by atoms with E-state index in [1.54, 1.807) is 24.3 Å². The Labute approximate surface area is 230 Å². The summed E-state index contributed by atoms with van der Waals surface area (Å²) in [6, 6.07) is 8.48. The van der Waals surface area contributed by atoms with Crippen LogP contribution in [-0.2, 0) is 19.5 Å². The number of anilines is 3. The minimum Gasteiger partial charge on any atom is -0.495 e. The van der Waals surface area contributed by atoms with E-state index in [9.17, 15) is 8.42 Å². The van der Waals surface area contributed by atoms with Gasteiger partial charge in [0.25, 0.3) is 10.0 Å². The molecule has 2 fully saturated rings. The number of hydrogen-bond acceptors (Lipinski definition) is 11. The predicted molar refractivity (Wildman–Crippen MR) is 144 cm³/mol. The van der Waals surface area contributed by atoms with E-state index in [0.29, 0.717) is 59.5 Å². The highest BCUT2D eigenvalue weighted by Gasteiger charge is 2.30. The maximum atomic E-state index is 13.7. The Hall–Kier alpha value is -4.01. The fourth-order valence-corrected chi connectivity index (χ4v) is 5.97. The molecule has 1 atom stereocenters. The number of aromatic nitrogens is 3. The minimum atomic E-state index is -4.25. The zero-order valence-corrected chi connectivity index (χ0v) is 23.0. The van der Waals surface area contributed by atoms with Crippen LogP contribution >= 0.6 is 0 Å². The molecule has 3 heterocycles. The fourth-order valence-electron chi connectivity index (χ4n) is 4.65. The van der Waals surface area contributed by atoms with Crippen molar-refractivity contribution in [3.05, 3.63) is 41.6 Å². The molecule has 0 bridgehead atoms. The summed E-state index contributed by atoms with van der Waals surface area (Å²) in [4.78, 5) is -0.190. The van der Waals surface area contributed by atoms with Crippen LogP contribution in [0.15, 0.2) is 39.8 Å². The number of hydrogen-bond donors (Lipinski definition) is 3. The SMILES string of the molecule is COc1cc2c(NS(=O)(=O)c3c(OC)cc([C@H]4COCCO4)cc3OC)noc2cc1Nc1cc(C2CC2)n[nH]1. The zero-order valence-electron chi connectivity index (χ0n) is 22.1. The molecule has 6 rings (SSSR count). The topological polar surface area (TPSA) is 159 Å². The first-order valence-electron chi connectivity index (χ1n) is 12.7. The van der Waals surface area contributed by atoms with Crippen LogP contribution in [0.3, 0.4) is 0 Å². The van der Waals surface area contributed by atoms with Gasteiger partial charge in [-0.2, -0.15) is 5.10 Å². The number of aromatic amines is 1. The van der Waals surface area contributed by atoms with E-state index >= 15 is 0 Å². The molecule has 2 aliphatic rings. The number of rotatable bonds is 10. The molecule has 2 aromatic heterocycles. The number of benzene rings is 2. The van der Waals surface area contributed by atoms with Crippen molar-refractivity contribution in [3.8, 4) is 17.2 Å². The lowest BCUT2D eigenvalue weighted by Gasteiger charge is -2.25. The van der Waals surface area contributed by atoms with Gasteiger partial charge in [0, 0.05) is 18.1 Å². The van der Waals surface area contributed by atoms with Gasteiger partial charge in [-0.15, -0.1) is 0 Å². The van der Waals surface area contributed by atoms with Crippen molar-refractivity contribution in [2.45, 2.75) is 29.8 Å². The Kier molecular flexibility index (Phi) is 6.90. The largest absolute Gasteiger partial charge is 0.495 e. The van der Waals surface area contributed by atoms with Crippen molar-refractivity contribution in [2.24, 2.45) is 0 Å². The number of methoxy groups -OCH3 is 3. The van der Waals surface area contributed by atoms with Gasteiger partial charge in [-0.1, -0.05) is 5.16 Å². The van der Waals surface area contributed by atoms with Crippen LogP contribution in [0.5, 0.6) is 17.2 Å². The Bertz CT molecular complexity index is 1610. The quantitative estimate of drug-likeness (QED) is 0.252. The second-order valence-electron chi connectivity index (χ2n) is 9.48. The second kappa shape index (κ2) is 10.5. The van der Waals surface area contributed by atoms with Crippen LogP contribution in [0.1, 0.15) is 36.1 Å². The number of sulfonamides is 1. The van der Waals surface area contributed by atoms with Crippen LogP contribution in [0.2, 0.25) is 0 Å². The van der Waals surface area contributed by atoms with Crippen LogP contribution < -0.4 is 24.2 Å². The van der Waals surface area contributed by atoms with Crippen LogP contribution in [0.25, 0.3) is 11.0 Å². The van der Waals surface area contributed by atoms with E-state index in [1.807, 2.05) is 6.07 Å². The highest BCUT2D eigenvalue weighted by Crippen LogP contribution is 2.42. The van der Waals surface area contributed by atoms with Crippen molar-refractivity contribution in [3.63, 3.8) is 0 Å². The van der Waals surface area contributed by atoms with Gasteiger partial charge in [0.1, 0.15) is 29.2 Å². The minimum absolute atomic E-state index is 0.0189. The van der Waals surface area contributed by atoms with Crippen molar-refractivity contribution >= 4 is 38.3 Å². The summed E-state index contributed by atoms with van der Waals surface area (Å²) in [6.07, 6.45) is 1.91. The number of H-pyrrole nitrogens is 1. The Morgan fingerprint density at radius 2 is 1.73 bits per heavy atom. The van der Waals surface area contributed by atoms with Gasteiger partial charge in [-0.25, -0.2) is 8.42 Å². The van der Waals surface area contributed by atoms with Crippen molar-refractivity contribution in [1.82, 2.24) is 15.4 Å². The molecule has 0 unspecified atom stereocenters. The average molecular weight is 572 g/mol. The standard InChI is InChI=1S/C26H29N5O8S/c1-34-20-10-16-19(11-18(20)27-24-12-17(28-29-24)14-4-5-14)39-30-26(16)31-40(32,33)25-21(35-2)8-15(9-22(25)36-3)23-13-37-6-7-38-23/h8-12,14,23H,4-7,13H2,1-3H3,(H,30,31)(H2,27,28,29)/t23-/m1/s1. The summed E-state index contributed by atoms with van der Waals surface area (Å²) < 4.78 is 63.0. The molecule has 3 N–H and O–H groups in total. The molecule has 212 valence electrons. The molecule has 1 aliphatic heterocycles. The molecule has 0 spiro atoms. The normalized spacial score (nSPS) is 17.5. The van der Waals surface area contributed by atoms with E-state index in [2.05, 4.69) is 25.4 Å². The van der Waals surface area contributed by atoms with Crippen LogP contribution in [0.4, 0.5) is 17.3 Å². The molecular weight excluding hydrogens is 542 g/mol. The van der Waals surface area contributed by atoms with Crippen molar-refractivity contribution in [2.75, 3.05) is 51.2 Å². The molecule has 0 amide bonds. The molecule has 40 heavy (non-hydrogen) atoms. The Morgan fingerprint density at radius 1 is 0.975 bits per heavy atom. The number of ether oxygens (including phenoxy) is 5. The highest BCUT2D eigenvalue weighted by atomic mass is 32.2. The predicted octanol–water partition coefficient (Wildman–Crippen LogP) is 4.09. The monoisotopic (exact) mass is 571 g/mol. The summed E-state index contributed by atoms with van der Waals surface area (Å²) in [5.74, 6) is 1.80. The summed E-state index contributed by atoms with van der Waals surface area (Å²) in [6.45, 7) is 1.27. The summed E-state index contributed by atoms with van der Waals surface area (Å²) in [5.41, 5.74) is 2.62. The lowest BCUT2D eigenvalue weighted by molar-refractivity contribution is -0.0902. The third kappa shape index (κ3) is 5.00. The summed E-state index contributed by atoms with van der Waals surface area (Å²) >= 11 is 0. The van der Waals surface area contributed by atoms with E-state index in [1.165, 1.54) is 21.3 Å². The maximum Gasteiger partial charge on any atom is 0.270 e. The first kappa shape index (κ1) is 26.2. The molecule has 1 saturated carbocycles. The zero-order chi connectivity index (χ0) is 27.9. The molecule has 0 radical (unpaired) electrons. The van der Waals surface area contributed by atoms with E-state index in [0.717, 1.165) is 18.5 Å². The third-order valence-electron chi connectivity index (χ3n) is 6.83. The first-order valence-corrected chi connectivity index (χ1v) is 14.2. The van der Waals surface area contributed by atoms with Gasteiger partial charge in [0.2, 0.25) is 0 Å². The van der Waals surface area contributed by atoms with Crippen molar-refractivity contribution in [1.29, 1.82) is 0 Å². The van der Waals surface area contributed by atoms with Gasteiger partial charge in [0.15, 0.2) is 16.3 Å². The average Bonchev–Trinajstić information content (AvgIpc) is 3.61. The molecule has 13 nitrogen and oxygen atoms in total. The Morgan fingerprint density at radius 3 is 2.38 bits per heavy atom. The lowest BCUT2D eigenvalue weighted by atomic mass is 10.1. The number of fused-ring (bicyclic) bond motifs is 1. The number of nitrogens with one attached hydrogen (secondary N) is 3. The third-order valence-corrected chi connectivity index (χ3v) is 8.23. The first-order chi connectivity index (χ1) is 19.4. The van der Waals surface area contributed by atoms with Gasteiger partial charge in [-0.3, -0.25) is 9.82 Å². The van der Waals surface area contributed by atoms with Gasteiger partial charge < -0.3 is 33.5 Å². The van der Waals surface area contributed by atoms with Crippen LogP contribution in [0, 0.1) is 0 Å². The molecule has 1 aliphatic carbocycles. The van der Waals surface area contributed by atoms with E-state index in [4.69, 9.17) is 28.2 Å². The summed E-state index contributed by atoms with van der Waals surface area (Å²) in [7, 11) is 0.0346. The van der Waals surface area contributed by atoms with E-state index < -0.39 is 10.0 Å². The van der Waals surface area contributed by atoms with Gasteiger partial charge in [-0.05, 0) is 36.6 Å². The molecule has 2 aromatic carbocycles. The molecule has 4 aromatic rings. The smallest absolute Gasteiger partial charge is 0.270 e. The fraction of sp³-hybridized carbons (Fsp3) is 0.385. The molecular formula is C26H29N5O8S. The summed E-state index contributed by atoms with van der Waals surface area (Å²) in [5, 5.41) is 15.0. The highest BCUT2D eigenvalue weighted by molar-refractivity contribution is 7.93. The second-order valence-corrected chi connectivity index (χ2v) is 11.1. The molecule has 1 saturated heterocycles. The number of nitrogens with zero attached hydrogens (tertiary/aromatic N) is 2. The van der Waals surface area contributed by atoms with E-state index in [-0.39, 0.29) is 28.3 Å². The van der Waals surface area contributed by atoms with Gasteiger partial charge >= 0.3 is 0 Å². The van der Waals surface area contributed by atoms with Gasteiger partial charge in [0.05, 0.1) is 57.9 Å². The van der Waals surface area contributed by atoms with Crippen molar-refractivity contribution < 1.29 is 36.6 Å². The lowest BCUT2D eigenvalue weighted by Crippen LogP contribution is -2.22. The molecule has 14 heteroatoms. The van der Waals surface area contributed by atoms with Crippen LogP contribution in [-0.4, -0.2) is 64.9 Å². The maximum absolute atomic E-state index is 13.7. The Balaban J connectivity index is 1.31.